The van der Waals surface area contributed by atoms with Crippen LogP contribution in [0.1, 0.15) is 54.4 Å². The van der Waals surface area contributed by atoms with Gasteiger partial charge in [-0.1, -0.05) is 46.6 Å². The fourth-order valence-electron chi connectivity index (χ4n) is 2.06. The molecule has 0 fully saturated rings. The van der Waals surface area contributed by atoms with Crippen LogP contribution in [0.4, 0.5) is 0 Å². The number of hydrogen-bond donors (Lipinski definition) is 0. The van der Waals surface area contributed by atoms with Gasteiger partial charge in [0.05, 0.1) is 0 Å². The standard InChI is InChI=1S/C13H26/c1-8-11(4)12(5)13(6,7)9-10(2)3/h11-12H,2,8-9H2,1,3-7H3. The molecule has 2 unspecified atom stereocenters. The number of hydrogen-bond acceptors (Lipinski definition) is 0. The van der Waals surface area contributed by atoms with Crippen LogP contribution >= 0.6 is 0 Å². The molecule has 0 saturated heterocycles. The molecule has 0 aliphatic carbocycles. The molecular formula is C13H26. The maximum Gasteiger partial charge on any atom is -0.0271 e. The van der Waals surface area contributed by atoms with Gasteiger partial charge in [0.1, 0.15) is 0 Å². The molecule has 0 spiro atoms. The van der Waals surface area contributed by atoms with Gasteiger partial charge in [-0.15, -0.1) is 6.58 Å². The summed E-state index contributed by atoms with van der Waals surface area (Å²) in [7, 11) is 0. The summed E-state index contributed by atoms with van der Waals surface area (Å²) in [5, 5.41) is 0. The normalized spacial score (nSPS) is 16.8. The summed E-state index contributed by atoms with van der Waals surface area (Å²) in [5.74, 6) is 1.59. The van der Waals surface area contributed by atoms with Gasteiger partial charge in [-0.2, -0.15) is 0 Å². The zero-order chi connectivity index (χ0) is 10.6. The van der Waals surface area contributed by atoms with Crippen molar-refractivity contribution in [3.8, 4) is 0 Å². The minimum atomic E-state index is 0.404. The van der Waals surface area contributed by atoms with Crippen molar-refractivity contribution in [2.24, 2.45) is 17.3 Å². The lowest BCUT2D eigenvalue weighted by atomic mass is 9.70. The van der Waals surface area contributed by atoms with Gasteiger partial charge in [-0.05, 0) is 30.6 Å². The minimum absolute atomic E-state index is 0.404. The van der Waals surface area contributed by atoms with Crippen LogP contribution in [0.2, 0.25) is 0 Å². The molecule has 0 bridgehead atoms. The van der Waals surface area contributed by atoms with Gasteiger partial charge in [0, 0.05) is 0 Å². The Labute approximate surface area is 84.4 Å². The first kappa shape index (κ1) is 12.7. The maximum absolute atomic E-state index is 4.01. The summed E-state index contributed by atoms with van der Waals surface area (Å²) in [4.78, 5) is 0. The number of rotatable bonds is 5. The Bertz CT molecular complexity index is 165. The lowest BCUT2D eigenvalue weighted by molar-refractivity contribution is 0.161. The van der Waals surface area contributed by atoms with Gasteiger partial charge in [-0.3, -0.25) is 0 Å². The zero-order valence-electron chi connectivity index (χ0n) is 10.3. The van der Waals surface area contributed by atoms with Crippen molar-refractivity contribution in [3.05, 3.63) is 12.2 Å². The highest BCUT2D eigenvalue weighted by molar-refractivity contribution is 4.95. The average molecular weight is 182 g/mol. The Morgan fingerprint density at radius 2 is 1.77 bits per heavy atom. The van der Waals surface area contributed by atoms with Crippen LogP contribution in [0.15, 0.2) is 12.2 Å². The third-order valence-corrected chi connectivity index (χ3v) is 3.49. The van der Waals surface area contributed by atoms with E-state index in [4.69, 9.17) is 0 Å². The monoisotopic (exact) mass is 182 g/mol. The second-order valence-electron chi connectivity index (χ2n) is 5.30. The first-order chi connectivity index (χ1) is 5.81. The Hall–Kier alpha value is -0.260. The molecule has 0 nitrogen and oxygen atoms in total. The molecule has 0 heteroatoms. The van der Waals surface area contributed by atoms with E-state index in [1.807, 2.05) is 0 Å². The molecule has 0 aromatic carbocycles. The molecule has 0 aromatic rings. The zero-order valence-corrected chi connectivity index (χ0v) is 10.3. The topological polar surface area (TPSA) is 0 Å². The van der Waals surface area contributed by atoms with Gasteiger partial charge < -0.3 is 0 Å². The van der Waals surface area contributed by atoms with E-state index in [-0.39, 0.29) is 0 Å². The van der Waals surface area contributed by atoms with Crippen molar-refractivity contribution in [2.75, 3.05) is 0 Å². The summed E-state index contributed by atoms with van der Waals surface area (Å²) in [6, 6.07) is 0. The van der Waals surface area contributed by atoms with E-state index in [2.05, 4.69) is 48.1 Å². The predicted molar refractivity (Wildman–Crippen MR) is 61.8 cm³/mol. The molecule has 0 saturated carbocycles. The highest BCUT2D eigenvalue weighted by Crippen LogP contribution is 2.38. The first-order valence-electron chi connectivity index (χ1n) is 5.45. The summed E-state index contributed by atoms with van der Waals surface area (Å²) in [5.41, 5.74) is 1.71. The second kappa shape index (κ2) is 4.83. The van der Waals surface area contributed by atoms with Crippen LogP contribution in [0.3, 0.4) is 0 Å². The van der Waals surface area contributed by atoms with E-state index in [0.717, 1.165) is 18.3 Å². The molecule has 0 heterocycles. The van der Waals surface area contributed by atoms with Crippen LogP contribution in [0.25, 0.3) is 0 Å². The van der Waals surface area contributed by atoms with Crippen LogP contribution in [-0.2, 0) is 0 Å². The van der Waals surface area contributed by atoms with Gasteiger partial charge in [0.2, 0.25) is 0 Å². The number of allylic oxidation sites excluding steroid dienone is 1. The minimum Gasteiger partial charge on any atom is -0.100 e. The highest BCUT2D eigenvalue weighted by atomic mass is 14.3. The smallest absolute Gasteiger partial charge is 0.0271 e. The van der Waals surface area contributed by atoms with E-state index >= 15 is 0 Å². The molecule has 13 heavy (non-hydrogen) atoms. The van der Waals surface area contributed by atoms with Crippen molar-refractivity contribution in [3.63, 3.8) is 0 Å². The summed E-state index contributed by atoms with van der Waals surface area (Å²) >= 11 is 0. The Morgan fingerprint density at radius 3 is 2.08 bits per heavy atom. The largest absolute Gasteiger partial charge is 0.100 e. The predicted octanol–water partition coefficient (Wildman–Crippen LogP) is 4.66. The van der Waals surface area contributed by atoms with Gasteiger partial charge in [0.25, 0.3) is 0 Å². The van der Waals surface area contributed by atoms with E-state index < -0.39 is 0 Å². The van der Waals surface area contributed by atoms with Crippen molar-refractivity contribution in [2.45, 2.75) is 54.4 Å². The molecule has 0 aliphatic heterocycles. The lowest BCUT2D eigenvalue weighted by Crippen LogP contribution is -2.27. The van der Waals surface area contributed by atoms with Crippen LogP contribution in [0, 0.1) is 17.3 Å². The maximum atomic E-state index is 4.01. The quantitative estimate of drug-likeness (QED) is 0.542. The lowest BCUT2D eigenvalue weighted by Gasteiger charge is -2.36. The third-order valence-electron chi connectivity index (χ3n) is 3.49. The molecule has 2 atom stereocenters. The first-order valence-corrected chi connectivity index (χ1v) is 5.45. The van der Waals surface area contributed by atoms with E-state index in [1.54, 1.807) is 0 Å². The van der Waals surface area contributed by atoms with E-state index in [1.165, 1.54) is 12.0 Å². The van der Waals surface area contributed by atoms with Crippen molar-refractivity contribution in [1.29, 1.82) is 0 Å². The molecular weight excluding hydrogens is 156 g/mol. The molecule has 0 aromatic heterocycles. The van der Waals surface area contributed by atoms with Crippen LogP contribution < -0.4 is 0 Å². The SMILES string of the molecule is C=C(C)CC(C)(C)C(C)C(C)CC. The molecule has 0 radical (unpaired) electrons. The summed E-state index contributed by atoms with van der Waals surface area (Å²) in [6.45, 7) is 17.9. The summed E-state index contributed by atoms with van der Waals surface area (Å²) in [6.07, 6.45) is 2.43. The Kier molecular flexibility index (Phi) is 4.74. The van der Waals surface area contributed by atoms with Gasteiger partial charge in [0.15, 0.2) is 0 Å². The fraction of sp³-hybridized carbons (Fsp3) is 0.846. The van der Waals surface area contributed by atoms with E-state index in [0.29, 0.717) is 5.41 Å². The molecule has 78 valence electrons. The molecule has 0 aliphatic rings. The molecule has 0 amide bonds. The highest BCUT2D eigenvalue weighted by Gasteiger charge is 2.28. The van der Waals surface area contributed by atoms with Crippen LogP contribution in [0.5, 0.6) is 0 Å². The molecule has 0 rings (SSSR count). The fourth-order valence-corrected chi connectivity index (χ4v) is 2.06. The van der Waals surface area contributed by atoms with Crippen LogP contribution in [-0.4, -0.2) is 0 Å². The average Bonchev–Trinajstić information content (AvgIpc) is 1.99. The van der Waals surface area contributed by atoms with Gasteiger partial charge >= 0.3 is 0 Å². The summed E-state index contributed by atoms with van der Waals surface area (Å²) < 4.78 is 0. The molecule has 0 N–H and O–H groups in total. The van der Waals surface area contributed by atoms with Crippen molar-refractivity contribution in [1.82, 2.24) is 0 Å². The Balaban J connectivity index is 4.34. The third kappa shape index (κ3) is 3.97. The van der Waals surface area contributed by atoms with Gasteiger partial charge in [-0.25, -0.2) is 0 Å². The Morgan fingerprint density at radius 1 is 1.31 bits per heavy atom. The second-order valence-corrected chi connectivity index (χ2v) is 5.30. The van der Waals surface area contributed by atoms with Crippen molar-refractivity contribution < 1.29 is 0 Å². The van der Waals surface area contributed by atoms with E-state index in [9.17, 15) is 0 Å². The van der Waals surface area contributed by atoms with Crippen molar-refractivity contribution >= 4 is 0 Å².